The van der Waals surface area contributed by atoms with Crippen LogP contribution in [0, 0.1) is 0 Å². The number of rotatable bonds is 8. The number of likely N-dealkylation sites (N-methyl/N-ethyl adjacent to an activating group) is 1. The molecule has 0 bridgehead atoms. The Morgan fingerprint density at radius 3 is 2.43 bits per heavy atom. The van der Waals surface area contributed by atoms with Gasteiger partial charge >= 0.3 is 0 Å². The number of carbonyl (C=O) groups is 1. The van der Waals surface area contributed by atoms with Gasteiger partial charge in [-0.1, -0.05) is 26.0 Å². The van der Waals surface area contributed by atoms with E-state index >= 15 is 0 Å². The third-order valence-corrected chi connectivity index (χ3v) is 10.2. The van der Waals surface area contributed by atoms with Gasteiger partial charge in [0.05, 0.1) is 10.2 Å². The maximum atomic E-state index is 13.3. The molecule has 0 atom stereocenters. The number of nitrogens with zero attached hydrogens (tertiary/aromatic N) is 5. The highest BCUT2D eigenvalue weighted by molar-refractivity contribution is 8.03. The number of aromatic nitrogens is 2. The second kappa shape index (κ2) is 13.2. The molecule has 0 saturated carbocycles. The average molecular weight is 604 g/mol. The summed E-state index contributed by atoms with van der Waals surface area (Å²) in [7, 11) is 2.19. The first-order valence-electron chi connectivity index (χ1n) is 15.1. The van der Waals surface area contributed by atoms with E-state index in [1.54, 1.807) is 11.3 Å². The number of fused-ring (bicyclic) bond motifs is 1. The highest BCUT2D eigenvalue weighted by atomic mass is 32.2. The van der Waals surface area contributed by atoms with Crippen molar-refractivity contribution in [3.05, 3.63) is 64.0 Å². The van der Waals surface area contributed by atoms with E-state index in [9.17, 15) is 4.79 Å². The molecule has 2 aliphatic heterocycles. The number of anilines is 3. The molecule has 10 heteroatoms. The molecule has 4 heterocycles. The van der Waals surface area contributed by atoms with Crippen LogP contribution in [0.25, 0.3) is 10.2 Å². The fourth-order valence-electron chi connectivity index (χ4n) is 5.89. The number of likely N-dealkylation sites (tertiary alicyclic amines) is 1. The van der Waals surface area contributed by atoms with Gasteiger partial charge in [-0.2, -0.15) is 4.98 Å². The van der Waals surface area contributed by atoms with Crippen LogP contribution >= 0.6 is 23.1 Å². The number of thiophene rings is 1. The molecule has 1 aliphatic carbocycles. The Morgan fingerprint density at radius 2 is 1.69 bits per heavy atom. The van der Waals surface area contributed by atoms with E-state index in [-0.39, 0.29) is 5.91 Å². The number of allylic oxidation sites excluding steroid dienone is 2. The predicted octanol–water partition coefficient (Wildman–Crippen LogP) is 6.40. The van der Waals surface area contributed by atoms with E-state index in [1.165, 1.54) is 4.91 Å². The minimum atomic E-state index is 0.115. The number of thioether (sulfide) groups is 1. The van der Waals surface area contributed by atoms with Gasteiger partial charge in [-0.25, -0.2) is 4.98 Å². The molecule has 2 fully saturated rings. The molecule has 2 N–H and O–H groups in total. The maximum Gasteiger partial charge on any atom is 0.253 e. The molecule has 8 nitrogen and oxygen atoms in total. The standard InChI is InChI=1S/C32H41N7OS2/c1-22(2)42-28-7-5-4-6-26(28)34-30-29-27(14-21-41-29)35-32(36-30)33-24-10-8-23(9-11-24)31(40)39-15-12-25(13-16-39)38-19-17-37(3)18-20-38/h6-11,14,21-22,25H,4-5,12-13,15-20H2,1-3H3,(H2,33,34,35,36). The molecule has 6 rings (SSSR count). The van der Waals surface area contributed by atoms with Crippen LogP contribution < -0.4 is 10.6 Å². The second-order valence-corrected chi connectivity index (χ2v) is 14.2. The third kappa shape index (κ3) is 6.83. The molecule has 2 saturated heterocycles. The molecule has 0 unspecified atom stereocenters. The van der Waals surface area contributed by atoms with Crippen molar-refractivity contribution >= 4 is 56.7 Å². The zero-order valence-corrected chi connectivity index (χ0v) is 26.4. The van der Waals surface area contributed by atoms with Crippen LogP contribution in [0.3, 0.4) is 0 Å². The van der Waals surface area contributed by atoms with E-state index in [0.29, 0.717) is 17.2 Å². The van der Waals surface area contributed by atoms with E-state index in [4.69, 9.17) is 9.97 Å². The van der Waals surface area contributed by atoms with Gasteiger partial charge in [-0.3, -0.25) is 9.69 Å². The minimum absolute atomic E-state index is 0.115. The monoisotopic (exact) mass is 603 g/mol. The lowest BCUT2D eigenvalue weighted by Gasteiger charge is -2.42. The van der Waals surface area contributed by atoms with Crippen molar-refractivity contribution < 1.29 is 4.79 Å². The van der Waals surface area contributed by atoms with Gasteiger partial charge in [0.1, 0.15) is 0 Å². The van der Waals surface area contributed by atoms with Crippen molar-refractivity contribution in [2.24, 2.45) is 0 Å². The van der Waals surface area contributed by atoms with Crippen LogP contribution in [0.4, 0.5) is 17.5 Å². The Bertz CT molecular complexity index is 1450. The molecular weight excluding hydrogens is 563 g/mol. The first kappa shape index (κ1) is 29.2. The third-order valence-electron chi connectivity index (χ3n) is 8.22. The van der Waals surface area contributed by atoms with Crippen molar-refractivity contribution in [1.29, 1.82) is 0 Å². The molecule has 1 aromatic carbocycles. The van der Waals surface area contributed by atoms with Crippen LogP contribution in [-0.4, -0.2) is 88.2 Å². The van der Waals surface area contributed by atoms with Crippen molar-refractivity contribution in [3.63, 3.8) is 0 Å². The number of hydrogen-bond acceptors (Lipinski definition) is 9. The van der Waals surface area contributed by atoms with Crippen LogP contribution in [0.5, 0.6) is 0 Å². The minimum Gasteiger partial charge on any atom is -0.339 e. The summed E-state index contributed by atoms with van der Waals surface area (Å²) >= 11 is 3.52. The summed E-state index contributed by atoms with van der Waals surface area (Å²) in [5.74, 6) is 1.46. The van der Waals surface area contributed by atoms with Gasteiger partial charge in [0.15, 0.2) is 5.82 Å². The SMILES string of the molecule is CC(C)SC1=CCCC=C1Nc1nc(Nc2ccc(C(=O)N3CCC(N4CCN(C)CC4)CC3)cc2)nc2ccsc12. The van der Waals surface area contributed by atoms with Crippen LogP contribution in [0.2, 0.25) is 0 Å². The number of carbonyl (C=O) groups excluding carboxylic acids is 1. The average Bonchev–Trinajstić information content (AvgIpc) is 3.48. The van der Waals surface area contributed by atoms with Crippen LogP contribution in [0.15, 0.2) is 58.5 Å². The lowest BCUT2D eigenvalue weighted by Crippen LogP contribution is -2.52. The van der Waals surface area contributed by atoms with Gasteiger partial charge in [-0.15, -0.1) is 23.1 Å². The molecule has 0 spiro atoms. The summed E-state index contributed by atoms with van der Waals surface area (Å²) in [6.07, 6.45) is 8.78. The fraction of sp³-hybridized carbons (Fsp3) is 0.469. The van der Waals surface area contributed by atoms with Crippen molar-refractivity contribution in [2.45, 2.75) is 50.8 Å². The van der Waals surface area contributed by atoms with Gasteiger partial charge < -0.3 is 20.4 Å². The summed E-state index contributed by atoms with van der Waals surface area (Å²) in [5, 5.41) is 9.54. The lowest BCUT2D eigenvalue weighted by atomic mass is 10.0. The molecule has 3 aliphatic rings. The highest BCUT2D eigenvalue weighted by Gasteiger charge is 2.29. The van der Waals surface area contributed by atoms with Crippen molar-refractivity contribution in [1.82, 2.24) is 24.7 Å². The van der Waals surface area contributed by atoms with Gasteiger partial charge in [0.2, 0.25) is 5.95 Å². The zero-order valence-electron chi connectivity index (χ0n) is 24.8. The highest BCUT2D eigenvalue weighted by Crippen LogP contribution is 2.35. The number of amides is 1. The number of piperidine rings is 1. The normalized spacial score (nSPS) is 19.2. The van der Waals surface area contributed by atoms with Crippen molar-refractivity contribution in [2.75, 3.05) is 56.9 Å². The van der Waals surface area contributed by atoms with E-state index < -0.39 is 0 Å². The number of benzene rings is 1. The molecule has 0 radical (unpaired) electrons. The number of nitrogens with one attached hydrogen (secondary N) is 2. The topological polar surface area (TPSA) is 76.6 Å². The Hall–Kier alpha value is -2.92. The predicted molar refractivity (Wildman–Crippen MR) is 177 cm³/mol. The summed E-state index contributed by atoms with van der Waals surface area (Å²) in [6, 6.07) is 10.3. The van der Waals surface area contributed by atoms with E-state index in [0.717, 1.165) is 97.9 Å². The Morgan fingerprint density at radius 1 is 0.952 bits per heavy atom. The van der Waals surface area contributed by atoms with Crippen LogP contribution in [0.1, 0.15) is 49.9 Å². The zero-order chi connectivity index (χ0) is 29.1. The molecular formula is C32H41N7OS2. The summed E-state index contributed by atoms with van der Waals surface area (Å²) < 4.78 is 1.04. The van der Waals surface area contributed by atoms with Gasteiger partial charge in [-0.05, 0) is 68.4 Å². The second-order valence-electron chi connectivity index (χ2n) is 11.7. The van der Waals surface area contributed by atoms with Crippen LogP contribution in [-0.2, 0) is 0 Å². The molecule has 222 valence electrons. The van der Waals surface area contributed by atoms with Gasteiger partial charge in [0.25, 0.3) is 5.91 Å². The molecule has 1 amide bonds. The number of piperazine rings is 1. The summed E-state index contributed by atoms with van der Waals surface area (Å²) in [4.78, 5) is 31.2. The van der Waals surface area contributed by atoms with E-state index in [1.807, 2.05) is 47.0 Å². The van der Waals surface area contributed by atoms with Gasteiger partial charge in [0, 0.05) is 72.4 Å². The summed E-state index contributed by atoms with van der Waals surface area (Å²) in [6.45, 7) is 10.6. The molecule has 3 aromatic rings. The van der Waals surface area contributed by atoms with E-state index in [2.05, 4.69) is 58.9 Å². The molecule has 42 heavy (non-hydrogen) atoms. The fourth-order valence-corrected chi connectivity index (χ4v) is 7.65. The smallest absolute Gasteiger partial charge is 0.253 e. The first-order valence-corrected chi connectivity index (χ1v) is 16.9. The Labute approximate surface area is 257 Å². The first-order chi connectivity index (χ1) is 20.4. The number of hydrogen-bond donors (Lipinski definition) is 2. The Kier molecular flexibility index (Phi) is 9.14. The largest absolute Gasteiger partial charge is 0.339 e. The van der Waals surface area contributed by atoms with Crippen molar-refractivity contribution in [3.8, 4) is 0 Å². The quantitative estimate of drug-likeness (QED) is 0.306. The summed E-state index contributed by atoms with van der Waals surface area (Å²) in [5.41, 5.74) is 3.61. The Balaban J connectivity index is 1.10. The maximum absolute atomic E-state index is 13.3. The lowest BCUT2D eigenvalue weighted by molar-refractivity contribution is 0.0519. The molecule has 2 aromatic heterocycles.